The van der Waals surface area contributed by atoms with Gasteiger partial charge in [0.2, 0.25) is 0 Å². The van der Waals surface area contributed by atoms with Gasteiger partial charge in [-0.15, -0.1) is 0 Å². The molecule has 0 unspecified atom stereocenters. The summed E-state index contributed by atoms with van der Waals surface area (Å²) in [5.41, 5.74) is 5.78. The van der Waals surface area contributed by atoms with Crippen LogP contribution in [-0.4, -0.2) is 0 Å². The largest absolute Gasteiger partial charge is 0.307 e. The van der Waals surface area contributed by atoms with Crippen molar-refractivity contribution in [3.8, 4) is 0 Å². The van der Waals surface area contributed by atoms with Gasteiger partial charge in [-0.05, 0) is 0 Å². The van der Waals surface area contributed by atoms with E-state index in [1.54, 1.807) is 0 Å². The number of nitrogens with zero attached hydrogens (tertiary/aromatic N) is 1. The molecule has 0 amide bonds. The molecule has 0 spiro atoms. The second-order valence-electron chi connectivity index (χ2n) is 0.173. The molecule has 0 aromatic carbocycles. The molecule has 4 heavy (non-hydrogen) atoms. The molecule has 3 nitrogen and oxygen atoms in total. The second kappa shape index (κ2) is 2.75. The van der Waals surface area contributed by atoms with E-state index in [0.717, 1.165) is 0 Å². The van der Waals surface area contributed by atoms with Crippen LogP contribution < -0.4 is 0 Å². The minimum Gasteiger partial charge on any atom is -0.307 e. The van der Waals surface area contributed by atoms with E-state index >= 15 is 0 Å². The highest BCUT2D eigenvalue weighted by Crippen LogP contribution is 1.71. The molecule has 0 rings (SSSR count). The van der Waals surface area contributed by atoms with Gasteiger partial charge in [0.15, 0.2) is 0 Å². The van der Waals surface area contributed by atoms with Crippen molar-refractivity contribution in [1.82, 2.24) is 0 Å². The molecule has 0 saturated carbocycles. The summed E-state index contributed by atoms with van der Waals surface area (Å²) in [5.74, 6) is 0. The van der Waals surface area contributed by atoms with Crippen LogP contribution in [0.1, 0.15) is 0 Å². The molecule has 0 aromatic rings. The molecule has 0 fully saturated rings. The molecule has 0 heterocycles. The number of hydrogen-bond donors (Lipinski definition) is 2. The lowest BCUT2D eigenvalue weighted by atomic mass is 13.1. The fourth-order valence-corrected chi connectivity index (χ4v) is 0. The van der Waals surface area contributed by atoms with Crippen LogP contribution in [0.5, 0.6) is 0 Å². The molecule has 0 saturated heterocycles. The van der Waals surface area contributed by atoms with Gasteiger partial charge >= 0.3 is 0 Å². The number of thiol groups is 1. The van der Waals surface area contributed by atoms with E-state index in [-0.39, 0.29) is 0 Å². The summed E-state index contributed by atoms with van der Waals surface area (Å²) in [4.78, 5) is 0. The van der Waals surface area contributed by atoms with Crippen molar-refractivity contribution < 1.29 is 4.28 Å². The summed E-state index contributed by atoms with van der Waals surface area (Å²) in [6.07, 6.45) is 0. The Kier molecular flexibility index (Phi) is 2.58. The van der Waals surface area contributed by atoms with Gasteiger partial charge in [-0.25, -0.2) is 0 Å². The lowest BCUT2D eigenvalue weighted by Gasteiger charge is -1.64. The molecular weight excluding hydrogens is 76.1 g/mol. The van der Waals surface area contributed by atoms with Crippen LogP contribution in [0.4, 0.5) is 0 Å². The van der Waals surface area contributed by atoms with Gasteiger partial charge in [-0.2, -0.15) is 5.53 Å². The first-order valence-electron chi connectivity index (χ1n) is 0.589. The van der Waals surface area contributed by atoms with Crippen LogP contribution >= 0.6 is 12.9 Å². The third-order valence-corrected chi connectivity index (χ3v) is 0.122. The summed E-state index contributed by atoms with van der Waals surface area (Å²) in [5, 5.41) is 2.35. The zero-order chi connectivity index (χ0) is 3.41. The van der Waals surface area contributed by atoms with Crippen LogP contribution in [0.15, 0.2) is 5.28 Å². The predicted octanol–water partition coefficient (Wildman–Crippen LogP) is 0.794. The first-order chi connectivity index (χ1) is 1.91. The molecule has 0 atom stereocenters. The molecule has 0 radical (unpaired) electrons. The SMILES string of the molecule is N=NOS. The average Bonchev–Trinajstić information content (AvgIpc) is 1.37. The quantitative estimate of drug-likeness (QED) is 0.207. The second-order valence-corrected chi connectivity index (χ2v) is 0.336. The molecule has 0 aromatic heterocycles. The van der Waals surface area contributed by atoms with Gasteiger partial charge in [0.05, 0.1) is 12.9 Å². The standard InChI is InChI=1S/H2N2OS/c1-2-3-4/h1,4H. The van der Waals surface area contributed by atoms with E-state index in [0.29, 0.717) is 0 Å². The van der Waals surface area contributed by atoms with Crippen molar-refractivity contribution in [2.24, 2.45) is 5.28 Å². The molecule has 4 heteroatoms. The molecular formula is H2N2OS. The Labute approximate surface area is 29.0 Å². The summed E-state index contributed by atoms with van der Waals surface area (Å²) < 4.78 is 3.53. The van der Waals surface area contributed by atoms with Crippen molar-refractivity contribution in [3.63, 3.8) is 0 Å². The van der Waals surface area contributed by atoms with Gasteiger partial charge in [0.25, 0.3) is 0 Å². The highest BCUT2D eigenvalue weighted by Gasteiger charge is 1.40. The summed E-state index contributed by atoms with van der Waals surface area (Å²) >= 11 is 3.07. The topological polar surface area (TPSA) is 45.4 Å². The van der Waals surface area contributed by atoms with E-state index in [1.165, 1.54) is 0 Å². The molecule has 0 bridgehead atoms. The Balaban J connectivity index is 2.30. The van der Waals surface area contributed by atoms with Gasteiger partial charge in [-0.1, -0.05) is 0 Å². The Morgan fingerprint density at radius 1 is 2.00 bits per heavy atom. The van der Waals surface area contributed by atoms with Crippen molar-refractivity contribution in [2.75, 3.05) is 0 Å². The maximum Gasteiger partial charge on any atom is 0.0736 e. The van der Waals surface area contributed by atoms with Crippen molar-refractivity contribution in [1.29, 1.82) is 5.53 Å². The van der Waals surface area contributed by atoms with E-state index in [9.17, 15) is 0 Å². The van der Waals surface area contributed by atoms with E-state index < -0.39 is 0 Å². The van der Waals surface area contributed by atoms with E-state index in [2.05, 4.69) is 22.5 Å². The maximum atomic E-state index is 5.78. The third-order valence-electron chi connectivity index (χ3n) is 0.0408. The lowest BCUT2D eigenvalue weighted by Crippen LogP contribution is -1.38. The summed E-state index contributed by atoms with van der Waals surface area (Å²) in [7, 11) is 0. The highest BCUT2D eigenvalue weighted by molar-refractivity contribution is 7.75. The van der Waals surface area contributed by atoms with Crippen molar-refractivity contribution in [2.45, 2.75) is 0 Å². The predicted molar refractivity (Wildman–Crippen MR) is 15.2 cm³/mol. The zero-order valence-electron chi connectivity index (χ0n) is 1.80. The monoisotopic (exact) mass is 78.0 g/mol. The van der Waals surface area contributed by atoms with Crippen LogP contribution in [0.25, 0.3) is 0 Å². The molecule has 24 valence electrons. The fourth-order valence-electron chi connectivity index (χ4n) is 0. The van der Waals surface area contributed by atoms with Crippen LogP contribution in [0, 0.1) is 5.53 Å². The third kappa shape index (κ3) is 1.75. The molecule has 0 aliphatic rings. The minimum absolute atomic E-state index is 2.35. The first kappa shape index (κ1) is 3.75. The van der Waals surface area contributed by atoms with E-state index in [1.807, 2.05) is 0 Å². The van der Waals surface area contributed by atoms with Crippen LogP contribution in [0.2, 0.25) is 0 Å². The Hall–Kier alpha value is -0.250. The van der Waals surface area contributed by atoms with Gasteiger partial charge in [-0.3, -0.25) is 0 Å². The van der Waals surface area contributed by atoms with Crippen molar-refractivity contribution >= 4 is 12.9 Å². The van der Waals surface area contributed by atoms with Gasteiger partial charge < -0.3 is 4.28 Å². The maximum absolute atomic E-state index is 5.78. The fraction of sp³-hybridized carbons (Fsp3) is 0. The number of hydrogen-bond acceptors (Lipinski definition) is 4. The average molecular weight is 78.1 g/mol. The molecule has 0 aliphatic carbocycles. The Morgan fingerprint density at radius 3 is 2.25 bits per heavy atom. The normalized spacial score (nSPS) is 5.25. The van der Waals surface area contributed by atoms with Crippen LogP contribution in [0.3, 0.4) is 0 Å². The number of rotatable bonds is 1. The van der Waals surface area contributed by atoms with E-state index in [4.69, 9.17) is 5.53 Å². The summed E-state index contributed by atoms with van der Waals surface area (Å²) in [6.45, 7) is 0. The van der Waals surface area contributed by atoms with Gasteiger partial charge in [0.1, 0.15) is 0 Å². The minimum atomic E-state index is 2.35. The first-order valence-corrected chi connectivity index (χ1v) is 0.954. The van der Waals surface area contributed by atoms with Crippen LogP contribution in [-0.2, 0) is 4.28 Å². The Morgan fingerprint density at radius 2 is 2.25 bits per heavy atom. The smallest absolute Gasteiger partial charge is 0.0736 e. The molecule has 1 N–H and O–H groups in total. The summed E-state index contributed by atoms with van der Waals surface area (Å²) in [6, 6.07) is 0. The Bertz CT molecular complexity index is 20.0. The molecule has 0 aliphatic heterocycles. The van der Waals surface area contributed by atoms with Gasteiger partial charge in [0, 0.05) is 5.28 Å². The van der Waals surface area contributed by atoms with Crippen molar-refractivity contribution in [3.05, 3.63) is 0 Å². The zero-order valence-corrected chi connectivity index (χ0v) is 2.70. The number of nitrogens with one attached hydrogen (secondary N) is 1. The highest BCUT2D eigenvalue weighted by atomic mass is 32.1. The lowest BCUT2D eigenvalue weighted by molar-refractivity contribution is 0.362.